The average molecular weight is 407 g/mol. The van der Waals surface area contributed by atoms with E-state index in [4.69, 9.17) is 4.74 Å². The zero-order valence-corrected chi connectivity index (χ0v) is 16.9. The highest BCUT2D eigenvalue weighted by molar-refractivity contribution is 5.93. The van der Waals surface area contributed by atoms with Crippen LogP contribution in [0.1, 0.15) is 36.9 Å². The lowest BCUT2D eigenvalue weighted by Crippen LogP contribution is -2.28. The molecule has 8 nitrogen and oxygen atoms in total. The van der Waals surface area contributed by atoms with Crippen LogP contribution in [0, 0.1) is 0 Å². The van der Waals surface area contributed by atoms with Crippen molar-refractivity contribution >= 4 is 17.6 Å². The molecule has 1 heterocycles. The number of anilines is 1. The highest BCUT2D eigenvalue weighted by atomic mass is 16.5. The fraction of sp³-hybridized carbons (Fsp3) is 0.318. The first-order chi connectivity index (χ1) is 14.7. The molecule has 3 aromatic rings. The second-order valence-corrected chi connectivity index (χ2v) is 6.95. The molecule has 0 fully saturated rings. The number of esters is 1. The van der Waals surface area contributed by atoms with Crippen LogP contribution >= 0.6 is 0 Å². The third-order valence-corrected chi connectivity index (χ3v) is 4.63. The second kappa shape index (κ2) is 10.8. The number of benzene rings is 2. The molecule has 1 aromatic heterocycles. The van der Waals surface area contributed by atoms with E-state index in [1.165, 1.54) is 16.6 Å². The summed E-state index contributed by atoms with van der Waals surface area (Å²) in [6.07, 6.45) is 5.00. The van der Waals surface area contributed by atoms with E-state index in [1.807, 2.05) is 54.6 Å². The summed E-state index contributed by atoms with van der Waals surface area (Å²) in [5, 5.41) is 13.7. The summed E-state index contributed by atoms with van der Waals surface area (Å²) in [6.45, 7) is 1.77. The topological polar surface area (TPSA) is 99.0 Å². The maximum absolute atomic E-state index is 12.6. The predicted octanol–water partition coefficient (Wildman–Crippen LogP) is 2.98. The number of ether oxygens (including phenoxy) is 1. The number of amides is 1. The first-order valence-electron chi connectivity index (χ1n) is 9.97. The van der Waals surface area contributed by atoms with Crippen molar-refractivity contribution in [3.63, 3.8) is 0 Å². The van der Waals surface area contributed by atoms with Gasteiger partial charge >= 0.3 is 5.97 Å². The minimum Gasteiger partial charge on any atom is -0.454 e. The standard InChI is InChI=1S/C22H25N5O3/c1-2-3-7-17-10-12-19(13-11-17)24-21(28)15-30-22(29)20(27-16-23-25-26-27)14-18-8-5-4-6-9-18/h4-6,8-13,16,20H,2-3,7,14-15H2,1H3,(H,24,28)/t20-/m1/s1. The Morgan fingerprint density at radius 3 is 2.50 bits per heavy atom. The van der Waals surface area contributed by atoms with Crippen molar-refractivity contribution in [3.8, 4) is 0 Å². The predicted molar refractivity (Wildman–Crippen MR) is 112 cm³/mol. The number of hydrogen-bond acceptors (Lipinski definition) is 6. The SMILES string of the molecule is CCCCc1ccc(NC(=O)COC(=O)[C@@H](Cc2ccccc2)n2cnnn2)cc1. The number of nitrogens with zero attached hydrogens (tertiary/aromatic N) is 4. The Balaban J connectivity index is 1.55. The van der Waals surface area contributed by atoms with Crippen molar-refractivity contribution in [2.24, 2.45) is 0 Å². The smallest absolute Gasteiger partial charge is 0.331 e. The molecule has 0 bridgehead atoms. The van der Waals surface area contributed by atoms with E-state index in [-0.39, 0.29) is 6.61 Å². The summed E-state index contributed by atoms with van der Waals surface area (Å²) in [5.41, 5.74) is 2.83. The molecule has 0 spiro atoms. The molecule has 30 heavy (non-hydrogen) atoms. The van der Waals surface area contributed by atoms with Crippen molar-refractivity contribution in [1.29, 1.82) is 0 Å². The molecule has 0 aliphatic heterocycles. The van der Waals surface area contributed by atoms with Crippen LogP contribution in [0.4, 0.5) is 5.69 Å². The van der Waals surface area contributed by atoms with E-state index in [1.54, 1.807) is 0 Å². The molecule has 0 aliphatic carbocycles. The van der Waals surface area contributed by atoms with Gasteiger partial charge < -0.3 is 10.1 Å². The number of aryl methyl sites for hydroxylation is 1. The molecule has 0 aliphatic rings. The van der Waals surface area contributed by atoms with Crippen LogP contribution in [0.3, 0.4) is 0 Å². The number of unbranched alkanes of at least 4 members (excludes halogenated alkanes) is 1. The van der Waals surface area contributed by atoms with Crippen molar-refractivity contribution in [1.82, 2.24) is 20.2 Å². The number of rotatable bonds is 10. The normalized spacial score (nSPS) is 11.6. The van der Waals surface area contributed by atoms with Gasteiger partial charge in [0.1, 0.15) is 6.33 Å². The maximum Gasteiger partial charge on any atom is 0.331 e. The highest BCUT2D eigenvalue weighted by Crippen LogP contribution is 2.15. The number of carbonyl (C=O) groups excluding carboxylic acids is 2. The van der Waals surface area contributed by atoms with Crippen molar-refractivity contribution in [3.05, 3.63) is 72.1 Å². The second-order valence-electron chi connectivity index (χ2n) is 6.95. The molecule has 3 rings (SSSR count). The quantitative estimate of drug-likeness (QED) is 0.519. The minimum atomic E-state index is -0.756. The fourth-order valence-electron chi connectivity index (χ4n) is 3.00. The van der Waals surface area contributed by atoms with Crippen LogP contribution in [-0.4, -0.2) is 38.7 Å². The summed E-state index contributed by atoms with van der Waals surface area (Å²) in [5.74, 6) is -0.976. The lowest BCUT2D eigenvalue weighted by Gasteiger charge is -2.15. The molecule has 0 unspecified atom stereocenters. The highest BCUT2D eigenvalue weighted by Gasteiger charge is 2.24. The summed E-state index contributed by atoms with van der Waals surface area (Å²) in [4.78, 5) is 24.8. The number of nitrogens with one attached hydrogen (secondary N) is 1. The molecule has 1 amide bonds. The molecule has 2 aromatic carbocycles. The Morgan fingerprint density at radius 2 is 1.83 bits per heavy atom. The third kappa shape index (κ3) is 6.23. The van der Waals surface area contributed by atoms with Crippen LogP contribution in [0.25, 0.3) is 0 Å². The molecule has 0 radical (unpaired) electrons. The van der Waals surface area contributed by atoms with Gasteiger partial charge in [0.25, 0.3) is 5.91 Å². The fourth-order valence-corrected chi connectivity index (χ4v) is 3.00. The Kier molecular flexibility index (Phi) is 7.65. The van der Waals surface area contributed by atoms with Gasteiger partial charge in [0.15, 0.2) is 12.6 Å². The lowest BCUT2D eigenvalue weighted by atomic mass is 10.1. The van der Waals surface area contributed by atoms with E-state index in [0.717, 1.165) is 24.8 Å². The van der Waals surface area contributed by atoms with E-state index < -0.39 is 17.9 Å². The van der Waals surface area contributed by atoms with E-state index >= 15 is 0 Å². The molecule has 1 atom stereocenters. The monoisotopic (exact) mass is 407 g/mol. The number of tetrazole rings is 1. The zero-order valence-electron chi connectivity index (χ0n) is 16.9. The van der Waals surface area contributed by atoms with E-state index in [9.17, 15) is 9.59 Å². The first-order valence-corrected chi connectivity index (χ1v) is 9.97. The number of aromatic nitrogens is 4. The summed E-state index contributed by atoms with van der Waals surface area (Å²) in [7, 11) is 0. The first kappa shape index (κ1) is 21.2. The van der Waals surface area contributed by atoms with Gasteiger partial charge in [-0.2, -0.15) is 0 Å². The van der Waals surface area contributed by atoms with Gasteiger partial charge in [-0.3, -0.25) is 4.79 Å². The molecule has 156 valence electrons. The Morgan fingerprint density at radius 1 is 1.07 bits per heavy atom. The molecule has 8 heteroatoms. The third-order valence-electron chi connectivity index (χ3n) is 4.63. The van der Waals surface area contributed by atoms with Crippen molar-refractivity contribution < 1.29 is 14.3 Å². The van der Waals surface area contributed by atoms with Crippen LogP contribution in [0.2, 0.25) is 0 Å². The van der Waals surface area contributed by atoms with Gasteiger partial charge in [0.05, 0.1) is 0 Å². The molecule has 1 N–H and O–H groups in total. The van der Waals surface area contributed by atoms with Gasteiger partial charge in [-0.15, -0.1) is 5.10 Å². The molecular formula is C22H25N5O3. The van der Waals surface area contributed by atoms with Crippen molar-refractivity contribution in [2.75, 3.05) is 11.9 Å². The maximum atomic E-state index is 12.6. The van der Waals surface area contributed by atoms with Gasteiger partial charge in [0.2, 0.25) is 0 Å². The van der Waals surface area contributed by atoms with Crippen LogP contribution in [-0.2, 0) is 27.2 Å². The summed E-state index contributed by atoms with van der Waals surface area (Å²) < 4.78 is 6.58. The molecule has 0 saturated heterocycles. The van der Waals surface area contributed by atoms with E-state index in [2.05, 4.69) is 27.8 Å². The summed E-state index contributed by atoms with van der Waals surface area (Å²) in [6, 6.07) is 16.4. The molecule has 0 saturated carbocycles. The lowest BCUT2D eigenvalue weighted by molar-refractivity contribution is -0.151. The van der Waals surface area contributed by atoms with Crippen molar-refractivity contribution in [2.45, 2.75) is 38.6 Å². The Bertz CT molecular complexity index is 927. The van der Waals surface area contributed by atoms with Crippen LogP contribution in [0.5, 0.6) is 0 Å². The zero-order chi connectivity index (χ0) is 21.2. The van der Waals surface area contributed by atoms with Crippen LogP contribution < -0.4 is 5.32 Å². The van der Waals surface area contributed by atoms with Gasteiger partial charge in [0, 0.05) is 12.1 Å². The number of hydrogen-bond donors (Lipinski definition) is 1. The minimum absolute atomic E-state index is 0.353. The van der Waals surface area contributed by atoms with Gasteiger partial charge in [-0.25, -0.2) is 9.48 Å². The number of carbonyl (C=O) groups is 2. The molecular weight excluding hydrogens is 382 g/mol. The van der Waals surface area contributed by atoms with Gasteiger partial charge in [-0.05, 0) is 46.5 Å². The Hall–Kier alpha value is -3.55. The Labute approximate surface area is 175 Å². The van der Waals surface area contributed by atoms with Gasteiger partial charge in [-0.1, -0.05) is 55.8 Å². The largest absolute Gasteiger partial charge is 0.454 e. The van der Waals surface area contributed by atoms with E-state index in [0.29, 0.717) is 12.1 Å². The average Bonchev–Trinajstić information content (AvgIpc) is 3.30. The van der Waals surface area contributed by atoms with Crippen LogP contribution in [0.15, 0.2) is 60.9 Å². The summed E-state index contributed by atoms with van der Waals surface area (Å²) >= 11 is 0.